The lowest BCUT2D eigenvalue weighted by atomic mass is 10.2. The summed E-state index contributed by atoms with van der Waals surface area (Å²) in [5.74, 6) is -1.06. The Labute approximate surface area is 107 Å². The molecule has 0 atom stereocenters. The number of carboxylic acid groups (broad SMARTS) is 1. The van der Waals surface area contributed by atoms with E-state index >= 15 is 0 Å². The predicted molar refractivity (Wildman–Crippen MR) is 67.9 cm³/mol. The van der Waals surface area contributed by atoms with Crippen molar-refractivity contribution in [3.8, 4) is 5.69 Å². The first-order chi connectivity index (χ1) is 9.04. The molecule has 0 fully saturated rings. The van der Waals surface area contributed by atoms with Gasteiger partial charge in [0.05, 0.1) is 11.3 Å². The number of aryl methyl sites for hydroxylation is 1. The molecule has 2 N–H and O–H groups in total. The van der Waals surface area contributed by atoms with Gasteiger partial charge in [0, 0.05) is 6.54 Å². The molecule has 7 nitrogen and oxygen atoms in total. The molecule has 0 amide bonds. The number of aromatic carboxylic acids is 1. The van der Waals surface area contributed by atoms with Crippen molar-refractivity contribution < 1.29 is 9.90 Å². The van der Waals surface area contributed by atoms with E-state index in [-0.39, 0.29) is 5.56 Å². The molecule has 0 spiro atoms. The van der Waals surface area contributed by atoms with Gasteiger partial charge in [0.25, 0.3) is 0 Å². The molecule has 7 heteroatoms. The molecule has 0 saturated carbocycles. The molecule has 0 bridgehead atoms. The van der Waals surface area contributed by atoms with Crippen LogP contribution in [0.25, 0.3) is 5.69 Å². The van der Waals surface area contributed by atoms with Gasteiger partial charge in [-0.25, -0.2) is 28.7 Å². The summed E-state index contributed by atoms with van der Waals surface area (Å²) in [5.41, 5.74) is -0.566. The fraction of sp³-hybridized carbons (Fsp3) is 0.250. The van der Waals surface area contributed by atoms with E-state index in [1.165, 1.54) is 28.9 Å². The lowest BCUT2D eigenvalue weighted by Gasteiger charge is -2.00. The van der Waals surface area contributed by atoms with E-state index in [1.807, 2.05) is 6.92 Å². The Morgan fingerprint density at radius 1 is 1.26 bits per heavy atom. The van der Waals surface area contributed by atoms with Gasteiger partial charge in [-0.15, -0.1) is 0 Å². The summed E-state index contributed by atoms with van der Waals surface area (Å²) in [6.07, 6.45) is 0.720. The van der Waals surface area contributed by atoms with Crippen LogP contribution in [0.1, 0.15) is 23.7 Å². The van der Waals surface area contributed by atoms with Crippen molar-refractivity contribution >= 4 is 5.97 Å². The number of carbonyl (C=O) groups is 1. The Morgan fingerprint density at radius 2 is 1.89 bits per heavy atom. The smallest absolute Gasteiger partial charge is 0.351 e. The van der Waals surface area contributed by atoms with E-state index in [4.69, 9.17) is 5.11 Å². The number of nitrogens with zero attached hydrogens (tertiary/aromatic N) is 2. The SMILES string of the molecule is CCCn1[nH]c(=O)n(-c2ccc(C(=O)O)cc2)c1=O. The largest absolute Gasteiger partial charge is 0.478 e. The third kappa shape index (κ3) is 2.35. The summed E-state index contributed by atoms with van der Waals surface area (Å²) in [4.78, 5) is 34.4. The van der Waals surface area contributed by atoms with E-state index in [9.17, 15) is 14.4 Å². The number of H-pyrrole nitrogens is 1. The van der Waals surface area contributed by atoms with E-state index in [2.05, 4.69) is 5.10 Å². The Balaban J connectivity index is 2.50. The Kier molecular flexibility index (Phi) is 3.37. The number of hydrogen-bond donors (Lipinski definition) is 2. The molecule has 1 aromatic carbocycles. The van der Waals surface area contributed by atoms with Crippen LogP contribution >= 0.6 is 0 Å². The van der Waals surface area contributed by atoms with Gasteiger partial charge in [-0.1, -0.05) is 6.92 Å². The molecule has 100 valence electrons. The second-order valence-corrected chi connectivity index (χ2v) is 4.04. The zero-order valence-corrected chi connectivity index (χ0v) is 10.3. The van der Waals surface area contributed by atoms with Crippen LogP contribution in [0.4, 0.5) is 0 Å². The van der Waals surface area contributed by atoms with Crippen LogP contribution in [0.3, 0.4) is 0 Å². The number of aromatic amines is 1. The number of rotatable bonds is 4. The van der Waals surface area contributed by atoms with Gasteiger partial charge in [-0.05, 0) is 30.7 Å². The second kappa shape index (κ2) is 4.97. The van der Waals surface area contributed by atoms with Crippen LogP contribution in [0.5, 0.6) is 0 Å². The molecule has 1 heterocycles. The third-order valence-electron chi connectivity index (χ3n) is 2.68. The lowest BCUT2D eigenvalue weighted by molar-refractivity contribution is 0.0697. The van der Waals surface area contributed by atoms with E-state index in [0.29, 0.717) is 12.2 Å². The van der Waals surface area contributed by atoms with Crippen LogP contribution in [0.15, 0.2) is 33.9 Å². The maximum absolute atomic E-state index is 12.0. The topological polar surface area (TPSA) is 97.1 Å². The minimum Gasteiger partial charge on any atom is -0.478 e. The summed E-state index contributed by atoms with van der Waals surface area (Å²) in [6.45, 7) is 2.32. The van der Waals surface area contributed by atoms with E-state index < -0.39 is 17.3 Å². The number of carboxylic acids is 1. The monoisotopic (exact) mass is 263 g/mol. The molecule has 0 aliphatic carbocycles. The van der Waals surface area contributed by atoms with Gasteiger partial charge >= 0.3 is 17.3 Å². The van der Waals surface area contributed by atoms with E-state index in [0.717, 1.165) is 11.0 Å². The zero-order valence-electron chi connectivity index (χ0n) is 10.3. The minimum absolute atomic E-state index is 0.0984. The first-order valence-corrected chi connectivity index (χ1v) is 5.80. The predicted octanol–water partition coefficient (Wildman–Crippen LogP) is 0.435. The van der Waals surface area contributed by atoms with Crippen molar-refractivity contribution in [2.24, 2.45) is 0 Å². The average Bonchev–Trinajstić information content (AvgIpc) is 2.65. The molecule has 0 aliphatic rings. The molecule has 1 aromatic heterocycles. The summed E-state index contributed by atoms with van der Waals surface area (Å²) < 4.78 is 2.20. The third-order valence-corrected chi connectivity index (χ3v) is 2.68. The van der Waals surface area contributed by atoms with Gasteiger partial charge in [0.1, 0.15) is 0 Å². The maximum atomic E-state index is 12.0. The average molecular weight is 263 g/mol. The van der Waals surface area contributed by atoms with Gasteiger partial charge in [-0.2, -0.15) is 0 Å². The Morgan fingerprint density at radius 3 is 2.42 bits per heavy atom. The highest BCUT2D eigenvalue weighted by molar-refractivity contribution is 5.87. The summed E-state index contributed by atoms with van der Waals surface area (Å²) in [5, 5.41) is 11.2. The summed E-state index contributed by atoms with van der Waals surface area (Å²) in [6, 6.07) is 5.55. The molecule has 2 rings (SSSR count). The van der Waals surface area contributed by atoms with Crippen molar-refractivity contribution in [3.05, 3.63) is 50.8 Å². The van der Waals surface area contributed by atoms with E-state index in [1.54, 1.807) is 0 Å². The van der Waals surface area contributed by atoms with Crippen molar-refractivity contribution in [2.45, 2.75) is 19.9 Å². The Bertz CT molecular complexity index is 706. The van der Waals surface area contributed by atoms with Gasteiger partial charge in [-0.3, -0.25) is 0 Å². The normalized spacial score (nSPS) is 10.6. The standard InChI is InChI=1S/C12H13N3O4/c1-2-7-14-12(19)15(11(18)13-14)9-5-3-8(4-6-9)10(16)17/h3-6H,2,7H2,1H3,(H,13,18)(H,16,17). The highest BCUT2D eigenvalue weighted by atomic mass is 16.4. The van der Waals surface area contributed by atoms with Crippen molar-refractivity contribution in [2.75, 3.05) is 0 Å². The molecular weight excluding hydrogens is 250 g/mol. The number of hydrogen-bond acceptors (Lipinski definition) is 3. The molecule has 0 unspecified atom stereocenters. The van der Waals surface area contributed by atoms with Gasteiger partial charge in [0.15, 0.2) is 0 Å². The number of benzene rings is 1. The minimum atomic E-state index is -1.06. The van der Waals surface area contributed by atoms with Crippen molar-refractivity contribution in [1.29, 1.82) is 0 Å². The van der Waals surface area contributed by atoms with Crippen LogP contribution in [-0.4, -0.2) is 25.4 Å². The number of aromatic nitrogens is 3. The molecule has 0 radical (unpaired) electrons. The van der Waals surface area contributed by atoms with Crippen LogP contribution < -0.4 is 11.4 Å². The molecule has 0 saturated heterocycles. The first-order valence-electron chi connectivity index (χ1n) is 5.80. The summed E-state index contributed by atoms with van der Waals surface area (Å²) in [7, 11) is 0. The number of nitrogens with one attached hydrogen (secondary N) is 1. The first kappa shape index (κ1) is 12.9. The van der Waals surface area contributed by atoms with Gasteiger partial charge in [0.2, 0.25) is 0 Å². The van der Waals surface area contributed by atoms with Crippen LogP contribution in [-0.2, 0) is 6.54 Å². The zero-order chi connectivity index (χ0) is 14.0. The Hall–Kier alpha value is -2.57. The van der Waals surface area contributed by atoms with Crippen molar-refractivity contribution in [1.82, 2.24) is 14.3 Å². The molecule has 0 aliphatic heterocycles. The lowest BCUT2D eigenvalue weighted by Crippen LogP contribution is -2.27. The fourth-order valence-electron chi connectivity index (χ4n) is 1.78. The highest BCUT2D eigenvalue weighted by Gasteiger charge is 2.11. The van der Waals surface area contributed by atoms with Crippen molar-refractivity contribution in [3.63, 3.8) is 0 Å². The maximum Gasteiger partial charge on any atom is 0.351 e. The second-order valence-electron chi connectivity index (χ2n) is 4.04. The molecule has 19 heavy (non-hydrogen) atoms. The van der Waals surface area contributed by atoms with Gasteiger partial charge < -0.3 is 5.11 Å². The molecular formula is C12H13N3O4. The van der Waals surface area contributed by atoms with Crippen LogP contribution in [0, 0.1) is 0 Å². The highest BCUT2D eigenvalue weighted by Crippen LogP contribution is 2.06. The molecule has 2 aromatic rings. The van der Waals surface area contributed by atoms with Crippen LogP contribution in [0.2, 0.25) is 0 Å². The fourth-order valence-corrected chi connectivity index (χ4v) is 1.78. The summed E-state index contributed by atoms with van der Waals surface area (Å²) >= 11 is 0. The quantitative estimate of drug-likeness (QED) is 0.836.